The number of piperidine rings is 2. The summed E-state index contributed by atoms with van der Waals surface area (Å²) in [5, 5.41) is 7.72. The summed E-state index contributed by atoms with van der Waals surface area (Å²) >= 11 is 0. The van der Waals surface area contributed by atoms with Gasteiger partial charge in [-0.15, -0.1) is 0 Å². The van der Waals surface area contributed by atoms with Gasteiger partial charge in [-0.3, -0.25) is 9.59 Å². The van der Waals surface area contributed by atoms with Gasteiger partial charge in [0.25, 0.3) is 0 Å². The zero-order valence-electron chi connectivity index (χ0n) is 29.3. The van der Waals surface area contributed by atoms with Gasteiger partial charge < -0.3 is 20.1 Å². The van der Waals surface area contributed by atoms with E-state index in [0.29, 0.717) is 24.7 Å². The van der Waals surface area contributed by atoms with Crippen LogP contribution in [0.4, 0.5) is 0 Å². The van der Waals surface area contributed by atoms with Gasteiger partial charge >= 0.3 is 11.9 Å². The molecule has 8 atom stereocenters. The van der Waals surface area contributed by atoms with Crippen molar-refractivity contribution in [2.75, 3.05) is 0 Å². The van der Waals surface area contributed by atoms with Crippen LogP contribution < -0.4 is 10.6 Å². The van der Waals surface area contributed by atoms with E-state index in [0.717, 1.165) is 77.0 Å². The molecular formula is C36H68N2O4. The van der Waals surface area contributed by atoms with Crippen molar-refractivity contribution in [3.05, 3.63) is 0 Å². The lowest BCUT2D eigenvalue weighted by atomic mass is 9.70. The summed E-state index contributed by atoms with van der Waals surface area (Å²) in [6, 6.07) is 0. The largest absolute Gasteiger partial charge is 0.462 e. The molecule has 0 spiro atoms. The van der Waals surface area contributed by atoms with Gasteiger partial charge in [-0.05, 0) is 66.2 Å². The molecule has 2 saturated heterocycles. The van der Waals surface area contributed by atoms with E-state index in [1.807, 2.05) is 0 Å². The van der Waals surface area contributed by atoms with Crippen LogP contribution in [0, 0.1) is 11.8 Å². The Hall–Kier alpha value is -1.14. The van der Waals surface area contributed by atoms with Crippen molar-refractivity contribution in [2.45, 2.75) is 206 Å². The number of hydrogen-bond donors (Lipinski definition) is 2. The predicted molar refractivity (Wildman–Crippen MR) is 175 cm³/mol. The van der Waals surface area contributed by atoms with Gasteiger partial charge in [-0.25, -0.2) is 0 Å². The molecule has 0 amide bonds. The van der Waals surface area contributed by atoms with Crippen LogP contribution in [0.2, 0.25) is 0 Å². The number of esters is 2. The third-order valence-corrected chi connectivity index (χ3v) is 11.7. The molecule has 0 aliphatic carbocycles. The third kappa shape index (κ3) is 10.2. The van der Waals surface area contributed by atoms with E-state index in [-0.39, 0.29) is 46.3 Å². The number of carbonyl (C=O) groups excluding carboxylic acids is 2. The second-order valence-corrected chi connectivity index (χ2v) is 15.0. The Labute approximate surface area is 259 Å². The fraction of sp³-hybridized carbons (Fsp3) is 0.944. The molecule has 2 heterocycles. The number of hydrogen-bond acceptors (Lipinski definition) is 6. The monoisotopic (exact) mass is 593 g/mol. The quantitative estimate of drug-likeness (QED) is 0.130. The van der Waals surface area contributed by atoms with Gasteiger partial charge in [-0.2, -0.15) is 0 Å². The lowest BCUT2D eigenvalue weighted by Gasteiger charge is -2.52. The molecule has 6 heteroatoms. The molecule has 6 nitrogen and oxygen atoms in total. The van der Waals surface area contributed by atoms with Gasteiger partial charge in [-0.1, -0.05) is 80.1 Å². The van der Waals surface area contributed by atoms with Crippen LogP contribution in [0.3, 0.4) is 0 Å². The Morgan fingerprint density at radius 3 is 1.17 bits per heavy atom. The molecular weight excluding hydrogens is 524 g/mol. The summed E-state index contributed by atoms with van der Waals surface area (Å²) in [5.74, 6) is 0.537. The Kier molecular flexibility index (Phi) is 14.3. The molecule has 2 fully saturated rings. The van der Waals surface area contributed by atoms with Crippen molar-refractivity contribution in [2.24, 2.45) is 11.8 Å². The summed E-state index contributed by atoms with van der Waals surface area (Å²) in [5.41, 5.74) is 0.0184. The van der Waals surface area contributed by atoms with Gasteiger partial charge in [0.15, 0.2) is 0 Å². The Morgan fingerprint density at radius 2 is 0.881 bits per heavy atom. The maximum atomic E-state index is 12.7. The van der Waals surface area contributed by atoms with Crippen LogP contribution in [0.25, 0.3) is 0 Å². The lowest BCUT2D eigenvalue weighted by Crippen LogP contribution is -2.66. The smallest absolute Gasteiger partial charge is 0.306 e. The van der Waals surface area contributed by atoms with Crippen molar-refractivity contribution in [1.82, 2.24) is 10.6 Å². The van der Waals surface area contributed by atoms with Gasteiger partial charge in [0.05, 0.1) is 0 Å². The predicted octanol–water partition coefficient (Wildman–Crippen LogP) is 8.64. The van der Waals surface area contributed by atoms with Crippen LogP contribution >= 0.6 is 0 Å². The fourth-order valence-electron chi connectivity index (χ4n) is 7.40. The number of rotatable bonds is 17. The van der Waals surface area contributed by atoms with Crippen LogP contribution in [0.1, 0.15) is 172 Å². The summed E-state index contributed by atoms with van der Waals surface area (Å²) in [7, 11) is 0. The first kappa shape index (κ1) is 37.0. The van der Waals surface area contributed by atoms with E-state index in [1.165, 1.54) is 12.8 Å². The Bertz CT molecular complexity index is 782. The van der Waals surface area contributed by atoms with Crippen LogP contribution in [-0.4, -0.2) is 46.3 Å². The van der Waals surface area contributed by atoms with Gasteiger partial charge in [0.2, 0.25) is 0 Å². The minimum absolute atomic E-state index is 0.00644. The zero-order chi connectivity index (χ0) is 31.6. The average molecular weight is 593 g/mol. The minimum Gasteiger partial charge on any atom is -0.462 e. The van der Waals surface area contributed by atoms with Crippen molar-refractivity contribution < 1.29 is 19.1 Å². The van der Waals surface area contributed by atoms with Crippen molar-refractivity contribution in [3.8, 4) is 0 Å². The molecule has 0 aromatic carbocycles. The molecule has 246 valence electrons. The molecule has 0 saturated carbocycles. The summed E-state index contributed by atoms with van der Waals surface area (Å²) < 4.78 is 12.1. The third-order valence-electron chi connectivity index (χ3n) is 11.7. The van der Waals surface area contributed by atoms with Gasteiger partial charge in [0, 0.05) is 59.7 Å². The van der Waals surface area contributed by atoms with Crippen molar-refractivity contribution in [1.29, 1.82) is 0 Å². The first-order valence-corrected chi connectivity index (χ1v) is 17.7. The highest BCUT2D eigenvalue weighted by Crippen LogP contribution is 2.40. The standard InChI is InChI=1S/C36H68N2O4/c1-11-33(7)25-29(27(5)35(9,13-3)37-33)41-31(39)23-21-19-17-15-16-18-20-22-24-32(40)42-30-26-34(8,12-2)38-36(10,14-4)28(30)6/h27-30,37-38H,11-26H2,1-10H3. The van der Waals surface area contributed by atoms with Crippen molar-refractivity contribution in [3.63, 3.8) is 0 Å². The molecule has 0 aromatic heterocycles. The molecule has 2 rings (SSSR count). The highest BCUT2D eigenvalue weighted by Gasteiger charge is 2.49. The molecule has 0 radical (unpaired) electrons. The Morgan fingerprint density at radius 1 is 0.571 bits per heavy atom. The minimum atomic E-state index is -0.0323. The van der Waals surface area contributed by atoms with Crippen molar-refractivity contribution >= 4 is 11.9 Å². The topological polar surface area (TPSA) is 76.7 Å². The highest BCUT2D eigenvalue weighted by molar-refractivity contribution is 5.70. The normalized spacial score (nSPS) is 36.9. The number of unbranched alkanes of at least 4 members (excludes halogenated alkanes) is 7. The molecule has 2 aliphatic rings. The summed E-state index contributed by atoms with van der Waals surface area (Å²) in [6.45, 7) is 22.4. The van der Waals surface area contributed by atoms with Crippen LogP contribution in [0.15, 0.2) is 0 Å². The van der Waals surface area contributed by atoms with E-state index >= 15 is 0 Å². The highest BCUT2D eigenvalue weighted by atomic mass is 16.5. The number of nitrogens with one attached hydrogen (secondary N) is 2. The molecule has 2 aliphatic heterocycles. The zero-order valence-corrected chi connectivity index (χ0v) is 29.3. The molecule has 8 unspecified atom stereocenters. The van der Waals surface area contributed by atoms with E-state index in [4.69, 9.17) is 9.47 Å². The van der Waals surface area contributed by atoms with E-state index in [1.54, 1.807) is 0 Å². The van der Waals surface area contributed by atoms with E-state index in [9.17, 15) is 9.59 Å². The fourth-order valence-corrected chi connectivity index (χ4v) is 7.40. The SMILES string of the molecule is CCC1(C)CC(OC(=O)CCCCCCCCCCC(=O)OC2CC(C)(CC)NC(C)(CC)C2C)C(C)C(C)(CC)N1. The number of ether oxygens (including phenoxy) is 2. The van der Waals surface area contributed by atoms with Gasteiger partial charge in [0.1, 0.15) is 12.2 Å². The first-order valence-electron chi connectivity index (χ1n) is 17.7. The summed E-state index contributed by atoms with van der Waals surface area (Å²) in [4.78, 5) is 25.3. The van der Waals surface area contributed by atoms with Crippen LogP contribution in [-0.2, 0) is 19.1 Å². The molecule has 0 aromatic rings. The first-order chi connectivity index (χ1) is 19.7. The molecule has 2 N–H and O–H groups in total. The molecule has 0 bridgehead atoms. The Balaban J connectivity index is 1.57. The molecule has 42 heavy (non-hydrogen) atoms. The summed E-state index contributed by atoms with van der Waals surface area (Å²) in [6.07, 6.45) is 15.5. The van der Waals surface area contributed by atoms with E-state index in [2.05, 4.69) is 79.9 Å². The van der Waals surface area contributed by atoms with E-state index < -0.39 is 0 Å². The second kappa shape index (κ2) is 16.3. The van der Waals surface area contributed by atoms with Crippen LogP contribution in [0.5, 0.6) is 0 Å². The maximum Gasteiger partial charge on any atom is 0.306 e. The second-order valence-electron chi connectivity index (χ2n) is 15.0. The number of carbonyl (C=O) groups is 2. The average Bonchev–Trinajstić information content (AvgIpc) is 2.95. The lowest BCUT2D eigenvalue weighted by molar-refractivity contribution is -0.160. The maximum absolute atomic E-state index is 12.7.